The van der Waals surface area contributed by atoms with E-state index in [9.17, 15) is 51.1 Å². The van der Waals surface area contributed by atoms with Crippen molar-refractivity contribution >= 4 is 0 Å². The quantitative estimate of drug-likeness (QED) is 0.142. The Labute approximate surface area is 363 Å². The Morgan fingerprint density at radius 2 is 1.15 bits per heavy atom. The second-order valence-corrected chi connectivity index (χ2v) is 23.0. The molecule has 24 atom stereocenters. The monoisotopic (exact) mass is 886 g/mol. The number of aliphatic hydroxyl groups is 10. The van der Waals surface area contributed by atoms with Gasteiger partial charge in [-0.2, -0.15) is 0 Å². The maximum absolute atomic E-state index is 12.3. The Morgan fingerprint density at radius 1 is 0.565 bits per heavy atom. The number of hydrogen-bond donors (Lipinski definition) is 10. The van der Waals surface area contributed by atoms with E-state index in [1.54, 1.807) is 13.8 Å². The van der Waals surface area contributed by atoms with Crippen LogP contribution in [-0.2, 0) is 33.2 Å². The zero-order valence-corrected chi connectivity index (χ0v) is 37.3. The van der Waals surface area contributed by atoms with E-state index in [1.807, 2.05) is 0 Å². The van der Waals surface area contributed by atoms with Crippen molar-refractivity contribution in [3.05, 3.63) is 0 Å². The molecule has 0 unspecified atom stereocenters. The number of rotatable bonds is 8. The van der Waals surface area contributed by atoms with Gasteiger partial charge in [0.25, 0.3) is 0 Å². The van der Waals surface area contributed by atoms with Crippen LogP contribution < -0.4 is 0 Å². The molecule has 0 radical (unpaired) electrons. The molecule has 0 bridgehead atoms. The van der Waals surface area contributed by atoms with Gasteiger partial charge in [-0.25, -0.2) is 0 Å². The molecule has 0 aromatic carbocycles. The lowest BCUT2D eigenvalue weighted by atomic mass is 9.41. The van der Waals surface area contributed by atoms with Crippen LogP contribution in [-0.4, -0.2) is 180 Å². The first-order valence-corrected chi connectivity index (χ1v) is 23.2. The first kappa shape index (κ1) is 46.4. The zero-order valence-electron chi connectivity index (χ0n) is 37.3. The van der Waals surface area contributed by atoms with Crippen LogP contribution in [0.5, 0.6) is 0 Å². The highest BCUT2D eigenvalue weighted by atomic mass is 16.8. The molecule has 0 aromatic rings. The standard InChI is InChI=1S/C45H74O17/c1-39(2)26(60-38-33(30(52)23(49)18-58-38)61-37-32(54)29(51)22(48)17-57-37)9-11-45-19-44(45)13-12-41(5)34(43(7)10-8-27(62-43)40(3,4)55)20(46)15-42(41,6)25(44)14-24(35(39)45)59-36-31(53)28(50)21(47)16-56-36/h20-38,46-55H,8-19H2,1-7H3/t20-,21+,22+,23+,24+,25+,26-,27+,28+,29+,30+,31+,32+,33+,34-,35-,36+,37+,38+,41+,42+,43-,44+,45+/m1/s1. The molecular weight excluding hydrogens is 812 g/mol. The van der Waals surface area contributed by atoms with Gasteiger partial charge in [0, 0.05) is 5.92 Å². The number of aliphatic hydroxyl groups excluding tert-OH is 9. The highest BCUT2D eigenvalue weighted by molar-refractivity contribution is 5.33. The second-order valence-electron chi connectivity index (χ2n) is 23.0. The van der Waals surface area contributed by atoms with E-state index < -0.39 is 109 Å². The second kappa shape index (κ2) is 15.4. The summed E-state index contributed by atoms with van der Waals surface area (Å²) in [6.45, 7) is 13.8. The summed E-state index contributed by atoms with van der Waals surface area (Å²) >= 11 is 0. The van der Waals surface area contributed by atoms with Gasteiger partial charge in [0.2, 0.25) is 0 Å². The fraction of sp³-hybridized carbons (Fsp3) is 1.00. The highest BCUT2D eigenvalue weighted by Crippen LogP contribution is 2.89. The van der Waals surface area contributed by atoms with Crippen LogP contribution in [0.1, 0.15) is 106 Å². The van der Waals surface area contributed by atoms with Crippen LogP contribution in [0.25, 0.3) is 0 Å². The van der Waals surface area contributed by atoms with E-state index in [-0.39, 0.29) is 65.3 Å². The zero-order chi connectivity index (χ0) is 44.9. The Morgan fingerprint density at radius 3 is 1.74 bits per heavy atom. The molecule has 10 N–H and O–H groups in total. The summed E-state index contributed by atoms with van der Waals surface area (Å²) in [4.78, 5) is 0. The van der Waals surface area contributed by atoms with E-state index in [2.05, 4.69) is 34.6 Å². The van der Waals surface area contributed by atoms with Gasteiger partial charge in [0.1, 0.15) is 54.9 Å². The van der Waals surface area contributed by atoms with Gasteiger partial charge >= 0.3 is 0 Å². The lowest BCUT2D eigenvalue weighted by molar-refractivity contribution is -0.359. The lowest BCUT2D eigenvalue weighted by Crippen LogP contribution is -2.65. The minimum Gasteiger partial charge on any atom is -0.393 e. The number of hydrogen-bond acceptors (Lipinski definition) is 17. The highest BCUT2D eigenvalue weighted by Gasteiger charge is 2.85. The normalized spacial score (nSPS) is 58.5. The number of ether oxygens (including phenoxy) is 7. The minimum atomic E-state index is -1.65. The molecule has 62 heavy (non-hydrogen) atoms. The topological polar surface area (TPSA) is 267 Å². The average Bonchev–Trinajstić information content (AvgIpc) is 3.56. The lowest BCUT2D eigenvalue weighted by Gasteiger charge is -2.65. The van der Waals surface area contributed by atoms with Crippen molar-refractivity contribution in [3.8, 4) is 0 Å². The van der Waals surface area contributed by atoms with E-state index in [0.29, 0.717) is 25.7 Å². The summed E-state index contributed by atoms with van der Waals surface area (Å²) in [7, 11) is 0. The molecule has 9 aliphatic rings. The third-order valence-corrected chi connectivity index (χ3v) is 18.9. The van der Waals surface area contributed by atoms with E-state index in [1.165, 1.54) is 0 Å². The molecule has 9 rings (SSSR count). The van der Waals surface area contributed by atoms with Crippen LogP contribution in [0.4, 0.5) is 0 Å². The SMILES string of the molecule is CC(C)(O)[C@@H]1CC[C@](C)([C@@H]2[C@H](O)C[C@@]3(C)[C@@H]4C[C@H](O[C@@H]5OC[C@H](O)[C@H](O)[C@@H]5O)[C@@H]5C(C)(C)[C@H](O[C@@H]6OC[C@H](O)[C@H](O)[C@@H]6O[C@@H]6OC[C@H](O)[C@H](O)[C@@H]6O)CC[C@]56C[C@@]46CC[C@@]23C)O1. The van der Waals surface area contributed by atoms with Crippen molar-refractivity contribution in [1.82, 2.24) is 0 Å². The van der Waals surface area contributed by atoms with Gasteiger partial charge < -0.3 is 84.2 Å². The van der Waals surface area contributed by atoms with Gasteiger partial charge in [-0.1, -0.05) is 27.7 Å². The van der Waals surface area contributed by atoms with Crippen LogP contribution in [0.2, 0.25) is 0 Å². The van der Waals surface area contributed by atoms with Crippen molar-refractivity contribution in [3.63, 3.8) is 0 Å². The number of fused-ring (bicyclic) bond motifs is 2. The van der Waals surface area contributed by atoms with Crippen molar-refractivity contribution in [2.45, 2.75) is 216 Å². The molecule has 4 aliphatic heterocycles. The molecule has 0 amide bonds. The molecule has 17 heteroatoms. The Hall–Kier alpha value is -0.680. The molecule has 5 aliphatic carbocycles. The van der Waals surface area contributed by atoms with Gasteiger partial charge in [0.15, 0.2) is 18.9 Å². The summed E-state index contributed by atoms with van der Waals surface area (Å²) < 4.78 is 44.0. The van der Waals surface area contributed by atoms with Crippen LogP contribution in [0, 0.1) is 44.8 Å². The maximum atomic E-state index is 12.3. The van der Waals surface area contributed by atoms with Crippen molar-refractivity contribution in [2.24, 2.45) is 44.8 Å². The first-order valence-electron chi connectivity index (χ1n) is 23.2. The summed E-state index contributed by atoms with van der Waals surface area (Å²) in [5.74, 6) is -0.256. The fourth-order valence-electron chi connectivity index (χ4n) is 15.8. The molecule has 17 nitrogen and oxygen atoms in total. The largest absolute Gasteiger partial charge is 0.393 e. The Kier molecular flexibility index (Phi) is 11.5. The van der Waals surface area contributed by atoms with Gasteiger partial charge in [0.05, 0.1) is 55.4 Å². The molecule has 9 fully saturated rings. The van der Waals surface area contributed by atoms with Crippen LogP contribution in [0.3, 0.4) is 0 Å². The van der Waals surface area contributed by atoms with Crippen molar-refractivity contribution < 1.29 is 84.2 Å². The molecule has 5 saturated carbocycles. The summed E-state index contributed by atoms with van der Waals surface area (Å²) in [5, 5.41) is 109. The maximum Gasteiger partial charge on any atom is 0.186 e. The minimum absolute atomic E-state index is 0.0927. The molecule has 356 valence electrons. The summed E-state index contributed by atoms with van der Waals surface area (Å²) in [6, 6.07) is 0. The molecule has 4 saturated heterocycles. The Bertz CT molecular complexity index is 1660. The summed E-state index contributed by atoms with van der Waals surface area (Å²) in [5.41, 5.74) is -3.33. The predicted octanol–water partition coefficient (Wildman–Crippen LogP) is -0.173. The molecular formula is C45H74O17. The van der Waals surface area contributed by atoms with E-state index >= 15 is 0 Å². The predicted molar refractivity (Wildman–Crippen MR) is 214 cm³/mol. The van der Waals surface area contributed by atoms with Gasteiger partial charge in [-0.15, -0.1) is 0 Å². The van der Waals surface area contributed by atoms with Gasteiger partial charge in [-0.3, -0.25) is 0 Å². The molecule has 0 aromatic heterocycles. The van der Waals surface area contributed by atoms with Crippen molar-refractivity contribution in [1.29, 1.82) is 0 Å². The van der Waals surface area contributed by atoms with Crippen molar-refractivity contribution in [2.75, 3.05) is 19.8 Å². The first-order chi connectivity index (χ1) is 28.8. The Balaban J connectivity index is 1.03. The van der Waals surface area contributed by atoms with Crippen LogP contribution >= 0.6 is 0 Å². The molecule has 4 heterocycles. The average molecular weight is 887 g/mol. The third kappa shape index (κ3) is 6.72. The van der Waals surface area contributed by atoms with Crippen LogP contribution in [0.15, 0.2) is 0 Å². The summed E-state index contributed by atoms with van der Waals surface area (Å²) in [6.07, 6.45) is -12.2. The van der Waals surface area contributed by atoms with E-state index in [4.69, 9.17) is 33.2 Å². The third-order valence-electron chi connectivity index (χ3n) is 18.9. The fourth-order valence-corrected chi connectivity index (χ4v) is 15.8. The molecule has 2 spiro atoms. The van der Waals surface area contributed by atoms with E-state index in [0.717, 1.165) is 32.1 Å². The van der Waals surface area contributed by atoms with Gasteiger partial charge in [-0.05, 0) is 117 Å². The smallest absolute Gasteiger partial charge is 0.186 e.